The van der Waals surface area contributed by atoms with Crippen LogP contribution in [-0.2, 0) is 4.79 Å². The van der Waals surface area contributed by atoms with Gasteiger partial charge in [0.25, 0.3) is 6.01 Å². The van der Waals surface area contributed by atoms with Crippen LogP contribution in [0.5, 0.6) is 0 Å². The van der Waals surface area contributed by atoms with E-state index in [0.717, 1.165) is 17.7 Å². The Morgan fingerprint density at radius 1 is 1.29 bits per heavy atom. The number of hydrogen-bond donors (Lipinski definition) is 2. The van der Waals surface area contributed by atoms with Gasteiger partial charge in [-0.3, -0.25) is 4.79 Å². The van der Waals surface area contributed by atoms with E-state index < -0.39 is 11.9 Å². The van der Waals surface area contributed by atoms with Crippen molar-refractivity contribution in [1.29, 1.82) is 0 Å². The lowest BCUT2D eigenvalue weighted by molar-refractivity contribution is -0.139. The first-order valence-electron chi connectivity index (χ1n) is 7.72. The van der Waals surface area contributed by atoms with Gasteiger partial charge in [0.2, 0.25) is 0 Å². The topological polar surface area (TPSA) is 75.4 Å². The molecular formula is C18H17ClN2O3. The number of carboxylic acid groups (broad SMARTS) is 1. The zero-order chi connectivity index (χ0) is 17.1. The molecule has 0 fully saturated rings. The molecule has 0 aliphatic heterocycles. The summed E-state index contributed by atoms with van der Waals surface area (Å²) in [5, 5.41) is 13.1. The molecule has 0 bridgehead atoms. The van der Waals surface area contributed by atoms with Crippen LogP contribution in [0, 0.1) is 0 Å². The molecular weight excluding hydrogens is 328 g/mol. The molecule has 1 aromatic heterocycles. The Kier molecular flexibility index (Phi) is 4.71. The van der Waals surface area contributed by atoms with E-state index in [2.05, 4.69) is 10.3 Å². The average molecular weight is 345 g/mol. The van der Waals surface area contributed by atoms with E-state index in [1.54, 1.807) is 30.3 Å². The Morgan fingerprint density at radius 2 is 2.04 bits per heavy atom. The summed E-state index contributed by atoms with van der Waals surface area (Å²) < 4.78 is 5.65. The second kappa shape index (κ2) is 6.93. The summed E-state index contributed by atoms with van der Waals surface area (Å²) in [6.07, 6.45) is 1.39. The number of hydrogen-bond acceptors (Lipinski definition) is 4. The summed E-state index contributed by atoms with van der Waals surface area (Å²) in [6, 6.07) is 12.9. The van der Waals surface area contributed by atoms with E-state index in [1.807, 2.05) is 19.1 Å². The van der Waals surface area contributed by atoms with Crippen LogP contribution in [0.1, 0.15) is 31.2 Å². The molecule has 0 spiro atoms. The lowest BCUT2D eigenvalue weighted by Gasteiger charge is -2.10. The summed E-state index contributed by atoms with van der Waals surface area (Å²) >= 11 is 5.86. The Hall–Kier alpha value is -2.53. The summed E-state index contributed by atoms with van der Waals surface area (Å²) in [4.78, 5) is 15.8. The molecule has 5 nitrogen and oxygen atoms in total. The summed E-state index contributed by atoms with van der Waals surface area (Å²) in [5.41, 5.74) is 2.78. The van der Waals surface area contributed by atoms with Crippen molar-refractivity contribution in [2.75, 3.05) is 5.32 Å². The first-order chi connectivity index (χ1) is 11.6. The first-order valence-corrected chi connectivity index (χ1v) is 8.10. The van der Waals surface area contributed by atoms with Gasteiger partial charge in [-0.25, -0.2) is 0 Å². The van der Waals surface area contributed by atoms with Gasteiger partial charge in [0.15, 0.2) is 5.58 Å². The van der Waals surface area contributed by atoms with Crippen molar-refractivity contribution < 1.29 is 14.3 Å². The molecule has 0 aliphatic rings. The number of aromatic nitrogens is 1. The number of nitrogens with zero attached hydrogens (tertiary/aromatic N) is 1. The summed E-state index contributed by atoms with van der Waals surface area (Å²) in [7, 11) is 0. The highest BCUT2D eigenvalue weighted by Crippen LogP contribution is 2.28. The third-order valence-corrected chi connectivity index (χ3v) is 4.04. The zero-order valence-corrected chi connectivity index (χ0v) is 13.9. The molecule has 2 N–H and O–H groups in total. The minimum absolute atomic E-state index is 0.354. The number of halogens is 1. The number of anilines is 2. The maximum Gasteiger partial charge on any atom is 0.310 e. The predicted octanol–water partition coefficient (Wildman–Crippen LogP) is 5.19. The largest absolute Gasteiger partial charge is 0.481 e. The van der Waals surface area contributed by atoms with Crippen LogP contribution in [0.2, 0.25) is 5.02 Å². The second-order valence-electron chi connectivity index (χ2n) is 5.56. The average Bonchev–Trinajstić information content (AvgIpc) is 2.95. The smallest absolute Gasteiger partial charge is 0.310 e. The molecule has 3 aromatic rings. The molecule has 1 unspecified atom stereocenters. The van der Waals surface area contributed by atoms with Crippen LogP contribution < -0.4 is 5.32 Å². The number of rotatable bonds is 6. The molecule has 2 aromatic carbocycles. The van der Waals surface area contributed by atoms with Gasteiger partial charge in [-0.1, -0.05) is 31.0 Å². The minimum Gasteiger partial charge on any atom is -0.481 e. The van der Waals surface area contributed by atoms with E-state index in [1.165, 1.54) is 0 Å². The fraction of sp³-hybridized carbons (Fsp3) is 0.222. The number of fused-ring (bicyclic) bond motifs is 1. The van der Waals surface area contributed by atoms with Gasteiger partial charge in [0.05, 0.1) is 5.92 Å². The van der Waals surface area contributed by atoms with Crippen LogP contribution in [0.4, 0.5) is 11.7 Å². The molecule has 3 rings (SSSR count). The molecule has 1 atom stereocenters. The van der Waals surface area contributed by atoms with Crippen LogP contribution >= 0.6 is 11.6 Å². The Labute approximate surface area is 144 Å². The van der Waals surface area contributed by atoms with Crippen molar-refractivity contribution >= 4 is 40.4 Å². The summed E-state index contributed by atoms with van der Waals surface area (Å²) in [6.45, 7) is 1.97. The molecule has 24 heavy (non-hydrogen) atoms. The van der Waals surface area contributed by atoms with E-state index in [-0.39, 0.29) is 0 Å². The predicted molar refractivity (Wildman–Crippen MR) is 94.0 cm³/mol. The van der Waals surface area contributed by atoms with Gasteiger partial charge in [0, 0.05) is 10.7 Å². The van der Waals surface area contributed by atoms with E-state index in [0.29, 0.717) is 28.6 Å². The Bertz CT molecular complexity index is 858. The maximum atomic E-state index is 11.4. The van der Waals surface area contributed by atoms with Crippen LogP contribution in [0.25, 0.3) is 11.1 Å². The molecule has 0 saturated heterocycles. The highest BCUT2D eigenvalue weighted by Gasteiger charge is 2.20. The Morgan fingerprint density at radius 3 is 2.71 bits per heavy atom. The van der Waals surface area contributed by atoms with Crippen molar-refractivity contribution in [3.8, 4) is 0 Å². The third kappa shape index (κ3) is 3.51. The van der Waals surface area contributed by atoms with Crippen molar-refractivity contribution in [2.24, 2.45) is 0 Å². The number of aliphatic carboxylic acids is 1. The molecule has 0 radical (unpaired) electrons. The Balaban J connectivity index is 1.88. The van der Waals surface area contributed by atoms with Crippen LogP contribution in [0.15, 0.2) is 46.9 Å². The van der Waals surface area contributed by atoms with Gasteiger partial charge in [-0.2, -0.15) is 4.98 Å². The molecule has 124 valence electrons. The van der Waals surface area contributed by atoms with Crippen molar-refractivity contribution in [3.05, 3.63) is 53.1 Å². The fourth-order valence-electron chi connectivity index (χ4n) is 2.59. The monoisotopic (exact) mass is 344 g/mol. The minimum atomic E-state index is -0.820. The number of carboxylic acids is 1. The van der Waals surface area contributed by atoms with Crippen molar-refractivity contribution in [1.82, 2.24) is 4.98 Å². The molecule has 0 aliphatic carbocycles. The van der Waals surface area contributed by atoms with Gasteiger partial charge in [-0.15, -0.1) is 0 Å². The van der Waals surface area contributed by atoms with Gasteiger partial charge < -0.3 is 14.8 Å². The van der Waals surface area contributed by atoms with Crippen molar-refractivity contribution in [2.45, 2.75) is 25.7 Å². The fourth-order valence-corrected chi connectivity index (χ4v) is 2.72. The number of nitrogens with one attached hydrogen (secondary N) is 1. The SMILES string of the molecule is CCCC(C(=O)O)c1ccc2oc(Nc3ccc(Cl)cc3)nc2c1. The van der Waals surface area contributed by atoms with Crippen molar-refractivity contribution in [3.63, 3.8) is 0 Å². The molecule has 0 saturated carbocycles. The lowest BCUT2D eigenvalue weighted by Crippen LogP contribution is -2.11. The quantitative estimate of drug-likeness (QED) is 0.643. The third-order valence-electron chi connectivity index (χ3n) is 3.78. The lowest BCUT2D eigenvalue weighted by atomic mass is 9.94. The summed E-state index contributed by atoms with van der Waals surface area (Å²) in [5.74, 6) is -1.34. The molecule has 6 heteroatoms. The maximum absolute atomic E-state index is 11.4. The van der Waals surface area contributed by atoms with E-state index in [9.17, 15) is 9.90 Å². The van der Waals surface area contributed by atoms with Gasteiger partial charge in [0.1, 0.15) is 5.52 Å². The number of oxazole rings is 1. The second-order valence-corrected chi connectivity index (χ2v) is 5.99. The molecule has 0 amide bonds. The number of benzene rings is 2. The van der Waals surface area contributed by atoms with E-state index >= 15 is 0 Å². The van der Waals surface area contributed by atoms with Gasteiger partial charge in [-0.05, 0) is 48.4 Å². The van der Waals surface area contributed by atoms with Gasteiger partial charge >= 0.3 is 5.97 Å². The normalized spacial score (nSPS) is 12.2. The standard InChI is InChI=1S/C18H17ClN2O3/c1-2-3-14(17(22)23)11-4-9-16-15(10-11)21-18(24-16)20-13-7-5-12(19)6-8-13/h4-10,14H,2-3H2,1H3,(H,20,21)(H,22,23). The molecule has 1 heterocycles. The first kappa shape index (κ1) is 16.3. The highest BCUT2D eigenvalue weighted by atomic mass is 35.5. The number of carbonyl (C=O) groups is 1. The van der Waals surface area contributed by atoms with E-state index in [4.69, 9.17) is 16.0 Å². The zero-order valence-electron chi connectivity index (χ0n) is 13.1. The van der Waals surface area contributed by atoms with Crippen LogP contribution in [-0.4, -0.2) is 16.1 Å². The highest BCUT2D eigenvalue weighted by molar-refractivity contribution is 6.30. The van der Waals surface area contributed by atoms with Crippen LogP contribution in [0.3, 0.4) is 0 Å².